The highest BCUT2D eigenvalue weighted by Crippen LogP contribution is 2.25. The molecule has 1 aromatic carbocycles. The summed E-state index contributed by atoms with van der Waals surface area (Å²) in [5.74, 6) is 0.774. The summed E-state index contributed by atoms with van der Waals surface area (Å²) in [6, 6.07) is 15.8. The minimum atomic E-state index is -0.180. The van der Waals surface area contributed by atoms with E-state index in [0.29, 0.717) is 28.4 Å². The van der Waals surface area contributed by atoms with Gasteiger partial charge in [-0.3, -0.25) is 4.79 Å². The minimum Gasteiger partial charge on any atom is -0.448 e. The van der Waals surface area contributed by atoms with Gasteiger partial charge in [0.15, 0.2) is 22.8 Å². The molecule has 5 nitrogen and oxygen atoms in total. The highest BCUT2D eigenvalue weighted by molar-refractivity contribution is 6.07. The monoisotopic (exact) mass is 290 g/mol. The van der Waals surface area contributed by atoms with Crippen LogP contribution in [0.2, 0.25) is 0 Å². The number of furan rings is 1. The van der Waals surface area contributed by atoms with Crippen molar-refractivity contribution in [3.05, 3.63) is 72.1 Å². The molecule has 3 aromatic heterocycles. The molecule has 0 saturated heterocycles. The summed E-state index contributed by atoms with van der Waals surface area (Å²) in [5, 5.41) is 0. The fourth-order valence-corrected chi connectivity index (χ4v) is 2.18. The van der Waals surface area contributed by atoms with E-state index in [2.05, 4.69) is 9.97 Å². The average Bonchev–Trinajstić information content (AvgIpc) is 3.21. The van der Waals surface area contributed by atoms with Crippen LogP contribution < -0.4 is 0 Å². The molecule has 0 aliphatic carbocycles. The maximum Gasteiger partial charge on any atom is 0.265 e. The van der Waals surface area contributed by atoms with Gasteiger partial charge in [-0.2, -0.15) is 4.98 Å². The Kier molecular flexibility index (Phi) is 2.83. The van der Waals surface area contributed by atoms with Crippen LogP contribution in [0.3, 0.4) is 0 Å². The number of oxazole rings is 1. The molecule has 0 fully saturated rings. The molecule has 0 amide bonds. The molecule has 0 atom stereocenters. The van der Waals surface area contributed by atoms with E-state index in [9.17, 15) is 4.79 Å². The first-order valence-electron chi connectivity index (χ1n) is 6.73. The third-order valence-corrected chi connectivity index (χ3v) is 3.24. The van der Waals surface area contributed by atoms with Gasteiger partial charge in [0.2, 0.25) is 5.78 Å². The van der Waals surface area contributed by atoms with E-state index in [1.807, 2.05) is 18.2 Å². The summed E-state index contributed by atoms with van der Waals surface area (Å²) in [7, 11) is 0. The lowest BCUT2D eigenvalue weighted by Gasteiger charge is -1.96. The van der Waals surface area contributed by atoms with Gasteiger partial charge in [0.05, 0.1) is 0 Å². The van der Waals surface area contributed by atoms with Crippen LogP contribution in [0.25, 0.3) is 22.9 Å². The molecule has 22 heavy (non-hydrogen) atoms. The Morgan fingerprint density at radius 1 is 0.909 bits per heavy atom. The third kappa shape index (κ3) is 2.09. The fraction of sp³-hybridized carbons (Fsp3) is 0. The van der Waals surface area contributed by atoms with Crippen LogP contribution in [0.15, 0.2) is 69.6 Å². The van der Waals surface area contributed by atoms with Crippen molar-refractivity contribution >= 4 is 17.0 Å². The first-order valence-corrected chi connectivity index (χ1v) is 6.73. The number of hydrogen-bond donors (Lipinski definition) is 0. The molecule has 0 unspecified atom stereocenters. The summed E-state index contributed by atoms with van der Waals surface area (Å²) in [5.41, 5.74) is 1.65. The van der Waals surface area contributed by atoms with E-state index in [1.54, 1.807) is 42.6 Å². The number of fused-ring (bicyclic) bond motifs is 1. The van der Waals surface area contributed by atoms with Crippen molar-refractivity contribution in [3.63, 3.8) is 0 Å². The van der Waals surface area contributed by atoms with Gasteiger partial charge in [0.1, 0.15) is 0 Å². The van der Waals surface area contributed by atoms with E-state index in [4.69, 9.17) is 8.83 Å². The number of carbonyl (C=O) groups excluding carboxylic acids is 1. The lowest BCUT2D eigenvalue weighted by molar-refractivity contribution is 0.101. The Hall–Kier alpha value is -3.21. The van der Waals surface area contributed by atoms with E-state index < -0.39 is 0 Å². The van der Waals surface area contributed by atoms with Gasteiger partial charge in [-0.1, -0.05) is 30.3 Å². The van der Waals surface area contributed by atoms with Gasteiger partial charge in [-0.05, 0) is 24.3 Å². The maximum absolute atomic E-state index is 12.3. The van der Waals surface area contributed by atoms with Gasteiger partial charge in [0.25, 0.3) is 5.89 Å². The molecular formula is C17H10N2O3. The molecule has 0 N–H and O–H groups in total. The topological polar surface area (TPSA) is 69.1 Å². The van der Waals surface area contributed by atoms with E-state index in [-0.39, 0.29) is 11.5 Å². The number of hydrogen-bond acceptors (Lipinski definition) is 5. The molecule has 0 radical (unpaired) electrons. The maximum atomic E-state index is 12.3. The minimum absolute atomic E-state index is 0.180. The van der Waals surface area contributed by atoms with Crippen molar-refractivity contribution in [1.29, 1.82) is 0 Å². The van der Waals surface area contributed by atoms with Crippen LogP contribution >= 0.6 is 0 Å². The lowest BCUT2D eigenvalue weighted by atomic mass is 10.1. The average molecular weight is 290 g/mol. The first-order chi connectivity index (χ1) is 10.8. The molecule has 0 aliphatic rings. The second-order valence-corrected chi connectivity index (χ2v) is 4.70. The molecular weight excluding hydrogens is 280 g/mol. The molecule has 0 bridgehead atoms. The Labute approximate surface area is 125 Å². The van der Waals surface area contributed by atoms with E-state index in [0.717, 1.165) is 0 Å². The number of ketones is 1. The van der Waals surface area contributed by atoms with Crippen LogP contribution in [0.5, 0.6) is 0 Å². The Bertz CT molecular complexity index is 921. The van der Waals surface area contributed by atoms with Crippen molar-refractivity contribution in [2.24, 2.45) is 0 Å². The molecule has 0 aliphatic heterocycles. The normalized spacial score (nSPS) is 10.9. The highest BCUT2D eigenvalue weighted by Gasteiger charge is 2.17. The number of rotatable bonds is 3. The first kappa shape index (κ1) is 12.5. The predicted molar refractivity (Wildman–Crippen MR) is 79.4 cm³/mol. The molecule has 0 saturated carbocycles. The predicted octanol–water partition coefficient (Wildman–Crippen LogP) is 3.71. The third-order valence-electron chi connectivity index (χ3n) is 3.24. The highest BCUT2D eigenvalue weighted by atomic mass is 16.4. The van der Waals surface area contributed by atoms with Crippen molar-refractivity contribution in [2.75, 3.05) is 0 Å². The molecule has 106 valence electrons. The second-order valence-electron chi connectivity index (χ2n) is 4.70. The molecule has 4 rings (SSSR count). The van der Waals surface area contributed by atoms with Crippen LogP contribution in [0, 0.1) is 0 Å². The molecule has 0 spiro atoms. The van der Waals surface area contributed by atoms with Crippen molar-refractivity contribution < 1.29 is 13.6 Å². The summed E-state index contributed by atoms with van der Waals surface area (Å²) < 4.78 is 11.2. The number of pyridine rings is 1. The SMILES string of the molecule is O=C(c1ccccc1)c1ccc(-c2nc3ncccc3o2)o1. The smallest absolute Gasteiger partial charge is 0.265 e. The zero-order valence-electron chi connectivity index (χ0n) is 11.4. The number of carbonyl (C=O) groups is 1. The van der Waals surface area contributed by atoms with Crippen LogP contribution in [-0.2, 0) is 0 Å². The van der Waals surface area contributed by atoms with Gasteiger partial charge in [0, 0.05) is 11.8 Å². The Balaban J connectivity index is 1.70. The second kappa shape index (κ2) is 4.96. The van der Waals surface area contributed by atoms with Crippen LogP contribution in [0.4, 0.5) is 0 Å². The molecule has 4 aromatic rings. The zero-order chi connectivity index (χ0) is 14.9. The van der Waals surface area contributed by atoms with Gasteiger partial charge in [-0.25, -0.2) is 4.98 Å². The van der Waals surface area contributed by atoms with E-state index >= 15 is 0 Å². The summed E-state index contributed by atoms with van der Waals surface area (Å²) >= 11 is 0. The Morgan fingerprint density at radius 2 is 1.77 bits per heavy atom. The van der Waals surface area contributed by atoms with Gasteiger partial charge < -0.3 is 8.83 Å². The van der Waals surface area contributed by atoms with Crippen LogP contribution in [-0.4, -0.2) is 15.8 Å². The number of nitrogens with zero attached hydrogens (tertiary/aromatic N) is 2. The van der Waals surface area contributed by atoms with Crippen molar-refractivity contribution in [1.82, 2.24) is 9.97 Å². The van der Waals surface area contributed by atoms with Crippen molar-refractivity contribution in [2.45, 2.75) is 0 Å². The van der Waals surface area contributed by atoms with Gasteiger partial charge >= 0.3 is 0 Å². The summed E-state index contributed by atoms with van der Waals surface area (Å²) in [6.45, 7) is 0. The number of benzene rings is 1. The molecule has 5 heteroatoms. The fourth-order valence-electron chi connectivity index (χ4n) is 2.18. The van der Waals surface area contributed by atoms with Crippen molar-refractivity contribution in [3.8, 4) is 11.7 Å². The molecule has 3 heterocycles. The standard InChI is InChI=1S/C17H10N2O3/c20-15(11-5-2-1-3-6-11)12-8-9-14(21-12)17-19-16-13(22-17)7-4-10-18-16/h1-10H. The quantitative estimate of drug-likeness (QED) is 0.538. The van der Waals surface area contributed by atoms with Crippen LogP contribution in [0.1, 0.15) is 16.1 Å². The summed E-state index contributed by atoms with van der Waals surface area (Å²) in [4.78, 5) is 20.7. The lowest BCUT2D eigenvalue weighted by Crippen LogP contribution is -1.98. The Morgan fingerprint density at radius 3 is 2.59 bits per heavy atom. The zero-order valence-corrected chi connectivity index (χ0v) is 11.4. The summed E-state index contributed by atoms with van der Waals surface area (Å²) in [6.07, 6.45) is 1.64. The van der Waals surface area contributed by atoms with E-state index in [1.165, 1.54) is 0 Å². The van der Waals surface area contributed by atoms with Gasteiger partial charge in [-0.15, -0.1) is 0 Å². The number of aromatic nitrogens is 2. The largest absolute Gasteiger partial charge is 0.448 e.